The molecule has 0 atom stereocenters. The molecule has 1 rings (SSSR count). The van der Waals surface area contributed by atoms with Gasteiger partial charge in [0, 0.05) is 4.47 Å². The fourth-order valence-corrected chi connectivity index (χ4v) is 1.61. The monoisotopic (exact) mass is 412 g/mol. The van der Waals surface area contributed by atoms with Crippen LogP contribution in [0.25, 0.3) is 0 Å². The molecule has 0 bridgehead atoms. The largest absolute Gasteiger partial charge is 0.507 e. The predicted molar refractivity (Wildman–Crippen MR) is 63.5 cm³/mol. The summed E-state index contributed by atoms with van der Waals surface area (Å²) >= 11 is 1.93. The SMILES string of the molecule is O=Ic1ccc(Br)cc1O.O=P(O)(O)O. The van der Waals surface area contributed by atoms with E-state index in [1.54, 1.807) is 12.1 Å². The van der Waals surface area contributed by atoms with E-state index in [0.29, 0.717) is 3.57 Å². The van der Waals surface area contributed by atoms with E-state index < -0.39 is 29.0 Å². The molecule has 0 aliphatic rings. The quantitative estimate of drug-likeness (QED) is 0.412. The Bertz CT molecular complexity index is 383. The van der Waals surface area contributed by atoms with Gasteiger partial charge in [-0.25, -0.2) is 4.57 Å². The van der Waals surface area contributed by atoms with Gasteiger partial charge in [-0.3, -0.25) is 3.07 Å². The van der Waals surface area contributed by atoms with Crippen LogP contribution < -0.4 is 0 Å². The maximum atomic E-state index is 10.4. The van der Waals surface area contributed by atoms with Gasteiger partial charge in [0.25, 0.3) is 0 Å². The number of phenolic OH excluding ortho intramolecular Hbond substituents is 1. The van der Waals surface area contributed by atoms with E-state index in [9.17, 15) is 3.07 Å². The van der Waals surface area contributed by atoms with Gasteiger partial charge in [-0.1, -0.05) is 15.9 Å². The second-order valence-corrected chi connectivity index (χ2v) is 5.73. The standard InChI is InChI=1S/C6H4BrIO2.H3O4P/c7-4-1-2-5(8-10)6(9)3-4;1-5(2,3)4/h1-3,9H;(H3,1,2,3,4). The fraction of sp³-hybridized carbons (Fsp3) is 0. The Morgan fingerprint density at radius 2 is 1.73 bits per heavy atom. The van der Waals surface area contributed by atoms with Gasteiger partial charge in [0.05, 0.1) is 3.57 Å². The smallest absolute Gasteiger partial charge is 0.466 e. The van der Waals surface area contributed by atoms with Crippen LogP contribution in [0.4, 0.5) is 0 Å². The first-order chi connectivity index (χ1) is 6.74. The summed E-state index contributed by atoms with van der Waals surface area (Å²) in [7, 11) is -4.64. The van der Waals surface area contributed by atoms with E-state index >= 15 is 0 Å². The summed E-state index contributed by atoms with van der Waals surface area (Å²) in [6, 6.07) is 4.94. The van der Waals surface area contributed by atoms with Gasteiger partial charge in [-0.05, 0) is 18.2 Å². The van der Waals surface area contributed by atoms with Crippen molar-refractivity contribution in [2.75, 3.05) is 0 Å². The molecule has 1 aromatic carbocycles. The zero-order valence-electron chi connectivity index (χ0n) is 7.04. The predicted octanol–water partition coefficient (Wildman–Crippen LogP) is 1.71. The molecule has 0 radical (unpaired) electrons. The number of phenols is 1. The lowest BCUT2D eigenvalue weighted by Gasteiger charge is -1.94. The summed E-state index contributed by atoms with van der Waals surface area (Å²) in [6.07, 6.45) is 0. The normalized spacial score (nSPS) is 10.4. The molecule has 0 aromatic heterocycles. The Kier molecular flexibility index (Phi) is 6.73. The van der Waals surface area contributed by atoms with Gasteiger partial charge in [-0.2, -0.15) is 0 Å². The maximum Gasteiger partial charge on any atom is 0.466 e. The zero-order valence-corrected chi connectivity index (χ0v) is 11.7. The lowest BCUT2D eigenvalue weighted by Crippen LogP contribution is -1.72. The summed E-state index contributed by atoms with van der Waals surface area (Å²) < 4.78 is 20.6. The van der Waals surface area contributed by atoms with Crippen LogP contribution in [0.1, 0.15) is 0 Å². The molecule has 9 heteroatoms. The molecule has 4 N–H and O–H groups in total. The van der Waals surface area contributed by atoms with Crippen molar-refractivity contribution in [3.63, 3.8) is 0 Å². The van der Waals surface area contributed by atoms with Crippen LogP contribution >= 0.6 is 44.9 Å². The molecule has 0 saturated carbocycles. The summed E-state index contributed by atoms with van der Waals surface area (Å²) in [5.74, 6) is 0.108. The van der Waals surface area contributed by atoms with Crippen LogP contribution in [-0.2, 0) is 7.63 Å². The number of phosphoric acid groups is 1. The Hall–Kier alpha value is 0.140. The van der Waals surface area contributed by atoms with Crippen LogP contribution in [-0.4, -0.2) is 19.8 Å². The van der Waals surface area contributed by atoms with Gasteiger partial charge in [0.1, 0.15) is 5.75 Å². The molecule has 0 aliphatic heterocycles. The van der Waals surface area contributed by atoms with E-state index in [1.807, 2.05) is 0 Å². The van der Waals surface area contributed by atoms with E-state index in [0.717, 1.165) is 4.47 Å². The summed E-state index contributed by atoms with van der Waals surface area (Å²) in [4.78, 5) is 21.6. The van der Waals surface area contributed by atoms with Crippen LogP contribution in [0.2, 0.25) is 0 Å². The number of rotatable bonds is 1. The van der Waals surface area contributed by atoms with Crippen LogP contribution in [0.5, 0.6) is 5.75 Å². The molecule has 15 heavy (non-hydrogen) atoms. The first-order valence-corrected chi connectivity index (χ1v) is 7.59. The number of hydrogen-bond acceptors (Lipinski definition) is 3. The number of benzene rings is 1. The molecular weight excluding hydrogens is 406 g/mol. The minimum Gasteiger partial charge on any atom is -0.507 e. The third-order valence-electron chi connectivity index (χ3n) is 0.991. The molecule has 1 aromatic rings. The van der Waals surface area contributed by atoms with Crippen LogP contribution in [0, 0.1) is 3.57 Å². The first-order valence-electron chi connectivity index (χ1n) is 3.28. The van der Waals surface area contributed by atoms with Crippen molar-refractivity contribution in [1.29, 1.82) is 0 Å². The Morgan fingerprint density at radius 1 is 1.27 bits per heavy atom. The Labute approximate surface area is 104 Å². The highest BCUT2D eigenvalue weighted by molar-refractivity contribution is 14.1. The van der Waals surface area contributed by atoms with E-state index in [1.165, 1.54) is 6.07 Å². The minimum atomic E-state index is -4.64. The highest BCUT2D eigenvalue weighted by Gasteiger charge is 2.00. The number of hydrogen-bond donors (Lipinski definition) is 4. The zero-order chi connectivity index (χ0) is 12.1. The van der Waals surface area contributed by atoms with Crippen molar-refractivity contribution in [3.8, 4) is 5.75 Å². The van der Waals surface area contributed by atoms with Crippen LogP contribution in [0.3, 0.4) is 0 Å². The highest BCUT2D eigenvalue weighted by atomic mass is 127. The molecule has 0 saturated heterocycles. The molecule has 6 nitrogen and oxygen atoms in total. The minimum absolute atomic E-state index is 0.108. The number of halogens is 2. The Balaban J connectivity index is 0.000000336. The lowest BCUT2D eigenvalue weighted by atomic mass is 10.3. The van der Waals surface area contributed by atoms with E-state index in [4.69, 9.17) is 24.4 Å². The summed E-state index contributed by atoms with van der Waals surface area (Å²) in [5, 5.41) is 9.09. The van der Waals surface area contributed by atoms with Crippen molar-refractivity contribution in [3.05, 3.63) is 26.2 Å². The number of aromatic hydroxyl groups is 1. The van der Waals surface area contributed by atoms with Crippen molar-refractivity contribution in [2.24, 2.45) is 0 Å². The molecule has 0 fully saturated rings. The summed E-state index contributed by atoms with van der Waals surface area (Å²) in [5.41, 5.74) is 0. The average molecular weight is 413 g/mol. The second kappa shape index (κ2) is 6.66. The molecular formula is C6H7BrIO6P. The van der Waals surface area contributed by atoms with Gasteiger partial charge >= 0.3 is 7.82 Å². The highest BCUT2D eigenvalue weighted by Crippen LogP contribution is 2.26. The van der Waals surface area contributed by atoms with E-state index in [2.05, 4.69) is 15.9 Å². The van der Waals surface area contributed by atoms with Gasteiger partial charge in [0.15, 0.2) is 21.2 Å². The molecule has 0 amide bonds. The first kappa shape index (κ1) is 15.1. The molecule has 0 spiro atoms. The van der Waals surface area contributed by atoms with Crippen molar-refractivity contribution in [2.45, 2.75) is 0 Å². The van der Waals surface area contributed by atoms with Crippen molar-refractivity contribution < 1.29 is 27.4 Å². The van der Waals surface area contributed by atoms with Crippen molar-refractivity contribution in [1.82, 2.24) is 0 Å². The molecule has 0 aliphatic carbocycles. The van der Waals surface area contributed by atoms with Crippen LogP contribution in [0.15, 0.2) is 22.7 Å². The third-order valence-corrected chi connectivity index (χ3v) is 2.87. The van der Waals surface area contributed by atoms with Gasteiger partial charge in [0.2, 0.25) is 0 Å². The lowest BCUT2D eigenvalue weighted by molar-refractivity contribution is 0.275. The molecule has 0 unspecified atom stereocenters. The third kappa shape index (κ3) is 9.09. The topological polar surface area (TPSA) is 115 Å². The fourth-order valence-electron chi connectivity index (χ4n) is 0.551. The van der Waals surface area contributed by atoms with E-state index in [-0.39, 0.29) is 5.75 Å². The Morgan fingerprint density at radius 3 is 2.07 bits per heavy atom. The molecule has 86 valence electrons. The second-order valence-electron chi connectivity index (χ2n) is 2.19. The van der Waals surface area contributed by atoms with Gasteiger partial charge < -0.3 is 19.8 Å². The van der Waals surface area contributed by atoms with Crippen molar-refractivity contribution >= 4 is 44.9 Å². The molecule has 0 heterocycles. The maximum absolute atomic E-state index is 10.4. The average Bonchev–Trinajstić information content (AvgIpc) is 2.01. The van der Waals surface area contributed by atoms with Gasteiger partial charge in [-0.15, -0.1) is 0 Å². The summed E-state index contributed by atoms with van der Waals surface area (Å²) in [6.45, 7) is 0.